The summed E-state index contributed by atoms with van der Waals surface area (Å²) in [5.74, 6) is 2.86. The van der Waals surface area contributed by atoms with E-state index < -0.39 is 0 Å². The molecule has 1 nitrogen and oxygen atoms in total. The first-order valence-corrected chi connectivity index (χ1v) is 9.90. The van der Waals surface area contributed by atoms with E-state index in [1.165, 1.54) is 44.9 Å². The van der Waals surface area contributed by atoms with Crippen molar-refractivity contribution in [2.24, 2.45) is 29.1 Å². The minimum Gasteiger partial charge on any atom is -0.298 e. The van der Waals surface area contributed by atoms with Crippen LogP contribution in [0.25, 0.3) is 0 Å². The monoisotopic (exact) mass is 338 g/mol. The summed E-state index contributed by atoms with van der Waals surface area (Å²) in [6.07, 6.45) is 12.4. The molecule has 0 saturated heterocycles. The minimum absolute atomic E-state index is 0.0601. The fourth-order valence-electron chi connectivity index (χ4n) is 6.60. The molecule has 6 unspecified atom stereocenters. The van der Waals surface area contributed by atoms with E-state index in [0.717, 1.165) is 47.5 Å². The Morgan fingerprint density at radius 1 is 1.14 bits per heavy atom. The lowest BCUT2D eigenvalue weighted by molar-refractivity contribution is -0.105. The highest BCUT2D eigenvalue weighted by molar-refractivity contribution is 7.81. The van der Waals surface area contributed by atoms with Crippen molar-refractivity contribution in [2.75, 3.05) is 0 Å². The second-order valence-electron chi connectivity index (χ2n) is 8.51. The first-order valence-electron chi connectivity index (χ1n) is 9.07. The van der Waals surface area contributed by atoms with Gasteiger partial charge < -0.3 is 0 Å². The topological polar surface area (TPSA) is 17.1 Å². The summed E-state index contributed by atoms with van der Waals surface area (Å²) in [7, 11) is 0. The lowest BCUT2D eigenvalue weighted by atomic mass is 9.50. The third-order valence-corrected chi connectivity index (χ3v) is 9.36. The van der Waals surface area contributed by atoms with Crippen molar-refractivity contribution in [3.8, 4) is 0 Å². The highest BCUT2D eigenvalue weighted by atomic mass is 35.5. The number of aldehydes is 1. The van der Waals surface area contributed by atoms with Crippen molar-refractivity contribution in [1.82, 2.24) is 0 Å². The predicted molar refractivity (Wildman–Crippen MR) is 94.3 cm³/mol. The van der Waals surface area contributed by atoms with Crippen molar-refractivity contribution in [3.63, 3.8) is 0 Å². The van der Waals surface area contributed by atoms with Crippen molar-refractivity contribution >= 4 is 30.5 Å². The Bertz CT molecular complexity index is 530. The smallest absolute Gasteiger partial charge is 0.147 e. The molecule has 0 aromatic carbocycles. The Hall–Kier alpha value is 0.0500. The maximum absolute atomic E-state index is 11.4. The summed E-state index contributed by atoms with van der Waals surface area (Å²) in [5.41, 5.74) is 0.943. The summed E-state index contributed by atoms with van der Waals surface area (Å²) in [5, 5.41) is 0.880. The Morgan fingerprint density at radius 3 is 2.73 bits per heavy atom. The summed E-state index contributed by atoms with van der Waals surface area (Å²) < 4.78 is 0.263. The second-order valence-corrected chi connectivity index (χ2v) is 9.72. The average molecular weight is 339 g/mol. The van der Waals surface area contributed by atoms with Crippen LogP contribution < -0.4 is 0 Å². The van der Waals surface area contributed by atoms with Crippen LogP contribution >= 0.6 is 24.2 Å². The minimum atomic E-state index is 0.0601. The van der Waals surface area contributed by atoms with Gasteiger partial charge in [0, 0.05) is 20.8 Å². The third-order valence-electron chi connectivity index (χ3n) is 7.77. The van der Waals surface area contributed by atoms with Crippen LogP contribution in [0.5, 0.6) is 0 Å². The van der Waals surface area contributed by atoms with Gasteiger partial charge in [0.1, 0.15) is 6.29 Å². The first-order chi connectivity index (χ1) is 10.5. The summed E-state index contributed by atoms with van der Waals surface area (Å²) in [4.78, 5) is 11.4. The van der Waals surface area contributed by atoms with Gasteiger partial charge in [-0.2, -0.15) is 12.6 Å². The quantitative estimate of drug-likeness (QED) is 0.501. The number of halogens is 1. The molecule has 4 aliphatic rings. The normalized spacial score (nSPS) is 51.0. The average Bonchev–Trinajstić information content (AvgIpc) is 2.78. The van der Waals surface area contributed by atoms with E-state index in [4.69, 9.17) is 24.2 Å². The van der Waals surface area contributed by atoms with Gasteiger partial charge in [-0.3, -0.25) is 4.79 Å². The van der Waals surface area contributed by atoms with Crippen LogP contribution in [0.3, 0.4) is 0 Å². The van der Waals surface area contributed by atoms with Crippen molar-refractivity contribution in [2.45, 2.75) is 69.5 Å². The molecule has 0 amide bonds. The molecule has 0 radical (unpaired) electrons. The Morgan fingerprint density at radius 2 is 1.95 bits per heavy atom. The molecule has 3 fully saturated rings. The van der Waals surface area contributed by atoms with Crippen LogP contribution in [-0.2, 0) is 4.79 Å². The molecule has 0 heterocycles. The molecule has 0 aromatic rings. The molecular formula is C19H27ClOS. The Labute approximate surface area is 144 Å². The van der Waals surface area contributed by atoms with E-state index in [1.807, 2.05) is 0 Å². The predicted octanol–water partition coefficient (Wildman–Crippen LogP) is 5.38. The van der Waals surface area contributed by atoms with Crippen molar-refractivity contribution in [1.29, 1.82) is 0 Å². The number of carbonyl (C=O) groups excluding carboxylic acids is 1. The number of hydrogen-bond donors (Lipinski definition) is 1. The number of rotatable bonds is 1. The highest BCUT2D eigenvalue weighted by Gasteiger charge is 2.59. The van der Waals surface area contributed by atoms with E-state index in [0.29, 0.717) is 5.92 Å². The molecule has 122 valence electrons. The number of fused-ring (bicyclic) bond motifs is 5. The van der Waals surface area contributed by atoms with E-state index in [2.05, 4.69) is 6.92 Å². The SMILES string of the molecule is CC12CCC3C(CCC4CCCCC43S)C1CC(C=O)=C2Cl. The zero-order valence-electron chi connectivity index (χ0n) is 13.5. The lowest BCUT2D eigenvalue weighted by Gasteiger charge is -2.59. The van der Waals surface area contributed by atoms with Gasteiger partial charge in [-0.15, -0.1) is 0 Å². The van der Waals surface area contributed by atoms with Crippen LogP contribution in [-0.4, -0.2) is 11.0 Å². The molecule has 0 aromatic heterocycles. The van der Waals surface area contributed by atoms with Crippen molar-refractivity contribution < 1.29 is 4.79 Å². The number of carbonyl (C=O) groups is 1. The zero-order valence-corrected chi connectivity index (χ0v) is 15.1. The summed E-state index contributed by atoms with van der Waals surface area (Å²) >= 11 is 11.9. The van der Waals surface area contributed by atoms with Gasteiger partial charge >= 0.3 is 0 Å². The van der Waals surface area contributed by atoms with E-state index in [9.17, 15) is 4.79 Å². The van der Waals surface area contributed by atoms with E-state index in [-0.39, 0.29) is 10.2 Å². The third kappa shape index (κ3) is 1.95. The van der Waals surface area contributed by atoms with Crippen LogP contribution in [0.1, 0.15) is 64.7 Å². The molecule has 0 aliphatic heterocycles. The van der Waals surface area contributed by atoms with Gasteiger partial charge in [-0.25, -0.2) is 0 Å². The molecule has 3 saturated carbocycles. The Balaban J connectivity index is 1.67. The maximum Gasteiger partial charge on any atom is 0.147 e. The van der Waals surface area contributed by atoms with Gasteiger partial charge in [0.15, 0.2) is 0 Å². The number of hydrogen-bond acceptors (Lipinski definition) is 2. The molecule has 3 heteroatoms. The number of allylic oxidation sites excluding steroid dienone is 2. The van der Waals surface area contributed by atoms with Crippen molar-refractivity contribution in [3.05, 3.63) is 10.6 Å². The van der Waals surface area contributed by atoms with Crippen LogP contribution in [0, 0.1) is 29.1 Å². The molecule has 22 heavy (non-hydrogen) atoms. The standard InChI is InChI=1S/C19H27ClOS/c1-18-9-7-15-14(16(18)10-12(11-21)17(18)20)6-5-13-4-2-3-8-19(13,15)22/h11,13-16,22H,2-10H2,1H3. The molecule has 0 N–H and O–H groups in total. The fourth-order valence-corrected chi connectivity index (χ4v) is 7.70. The van der Waals surface area contributed by atoms with E-state index >= 15 is 0 Å². The van der Waals surface area contributed by atoms with Gasteiger partial charge in [0.25, 0.3) is 0 Å². The van der Waals surface area contributed by atoms with Crippen LogP contribution in [0.15, 0.2) is 10.6 Å². The lowest BCUT2D eigenvalue weighted by Crippen LogP contribution is -2.54. The summed E-state index contributed by atoms with van der Waals surface area (Å²) in [6, 6.07) is 0. The highest BCUT2D eigenvalue weighted by Crippen LogP contribution is 2.66. The first kappa shape index (κ1) is 15.6. The van der Waals surface area contributed by atoms with E-state index in [1.54, 1.807) is 0 Å². The maximum atomic E-state index is 11.4. The molecule has 4 rings (SSSR count). The molecule has 0 bridgehead atoms. The second kappa shape index (κ2) is 5.28. The molecule has 6 atom stereocenters. The van der Waals surface area contributed by atoms with Crippen LogP contribution in [0.2, 0.25) is 0 Å². The Kier molecular flexibility index (Phi) is 3.73. The number of thiol groups is 1. The molecular weight excluding hydrogens is 312 g/mol. The van der Waals surface area contributed by atoms with Gasteiger partial charge in [-0.1, -0.05) is 31.4 Å². The molecule has 4 aliphatic carbocycles. The summed E-state index contributed by atoms with van der Waals surface area (Å²) in [6.45, 7) is 2.31. The fraction of sp³-hybridized carbons (Fsp3) is 0.842. The van der Waals surface area contributed by atoms with Gasteiger partial charge in [0.2, 0.25) is 0 Å². The van der Waals surface area contributed by atoms with Gasteiger partial charge in [-0.05, 0) is 68.6 Å². The van der Waals surface area contributed by atoms with Crippen LogP contribution in [0.4, 0.5) is 0 Å². The zero-order chi connectivity index (χ0) is 15.5. The largest absolute Gasteiger partial charge is 0.298 e. The molecule has 0 spiro atoms. The van der Waals surface area contributed by atoms with Gasteiger partial charge in [0.05, 0.1) is 0 Å².